The molecule has 7 rings (SSSR count). The molecule has 0 saturated carbocycles. The Bertz CT molecular complexity index is 1800. The summed E-state index contributed by atoms with van der Waals surface area (Å²) in [7, 11) is 0. The third-order valence-corrected chi connectivity index (χ3v) is 9.45. The molecular weight excluding hydrogens is 538 g/mol. The van der Waals surface area contributed by atoms with Crippen LogP contribution in [0.25, 0.3) is 5.57 Å². The second-order valence-corrected chi connectivity index (χ2v) is 11.5. The molecule has 1 N–H and O–H groups in total. The number of anilines is 2. The number of Topliss-reactive ketones (excluding diaryl/α,β-unsaturated/α-hetero) is 2. The monoisotopic (exact) mass is 561 g/mol. The number of rotatable bonds is 5. The molecule has 1 aromatic heterocycles. The van der Waals surface area contributed by atoms with Gasteiger partial charge in [-0.1, -0.05) is 48.5 Å². The zero-order valence-electron chi connectivity index (χ0n) is 21.8. The van der Waals surface area contributed by atoms with Gasteiger partial charge in [-0.15, -0.1) is 11.3 Å². The Kier molecular flexibility index (Phi) is 5.55. The van der Waals surface area contributed by atoms with Crippen LogP contribution in [-0.4, -0.2) is 34.5 Å². The third-order valence-electron chi connectivity index (χ3n) is 8.56. The first kappa shape index (κ1) is 25.1. The Morgan fingerprint density at radius 2 is 1.68 bits per heavy atom. The molecule has 0 aliphatic carbocycles. The van der Waals surface area contributed by atoms with E-state index >= 15 is 0 Å². The van der Waals surface area contributed by atoms with Crippen LogP contribution in [0.5, 0.6) is 0 Å². The Morgan fingerprint density at radius 1 is 0.951 bits per heavy atom. The summed E-state index contributed by atoms with van der Waals surface area (Å²) < 4.78 is 0. The number of hydrogen-bond acceptors (Lipinski definition) is 7. The number of carbonyl (C=O) groups is 3. The molecule has 1 saturated heterocycles. The molecule has 3 aromatic carbocycles. The van der Waals surface area contributed by atoms with Gasteiger partial charge in [0.1, 0.15) is 11.5 Å². The van der Waals surface area contributed by atoms with Crippen LogP contribution in [0.1, 0.15) is 38.1 Å². The van der Waals surface area contributed by atoms with Crippen LogP contribution in [0.2, 0.25) is 0 Å². The van der Waals surface area contributed by atoms with E-state index < -0.39 is 28.3 Å². The standard InChI is InChI=1S/C32H23N3O5S/c1-18-17-26-32(22-8-3-4-9-23(22)33-31(32)38)27(30(37)25-11-6-16-41-25)28(34(26)24-10-5-2-7-21(18)24)29(36)19-12-14-20(15-13-19)35(39)40/h2-17,26-28H,1H3,(H,33,38)/t26-,27-,28+,32-/m0/s1. The van der Waals surface area contributed by atoms with Crippen LogP contribution in [0.15, 0.2) is 96.4 Å². The Morgan fingerprint density at radius 3 is 2.41 bits per heavy atom. The van der Waals surface area contributed by atoms with Crippen LogP contribution >= 0.6 is 11.3 Å². The summed E-state index contributed by atoms with van der Waals surface area (Å²) in [5.74, 6) is -2.07. The molecule has 202 valence electrons. The molecular formula is C32H23N3O5S. The molecule has 8 nitrogen and oxygen atoms in total. The molecule has 4 atom stereocenters. The van der Waals surface area contributed by atoms with Crippen LogP contribution in [0.3, 0.4) is 0 Å². The number of amides is 1. The van der Waals surface area contributed by atoms with Gasteiger partial charge in [0, 0.05) is 34.6 Å². The van der Waals surface area contributed by atoms with Crippen molar-refractivity contribution in [1.82, 2.24) is 0 Å². The number of nitro benzene ring substituents is 1. The molecule has 1 fully saturated rings. The molecule has 1 amide bonds. The number of thiophene rings is 1. The fourth-order valence-corrected chi connectivity index (χ4v) is 7.58. The normalized spacial score (nSPS) is 23.8. The first-order valence-electron chi connectivity index (χ1n) is 13.2. The maximum Gasteiger partial charge on any atom is 0.269 e. The largest absolute Gasteiger partial charge is 0.352 e. The van der Waals surface area contributed by atoms with Crippen molar-refractivity contribution in [2.75, 3.05) is 10.2 Å². The number of ketones is 2. The van der Waals surface area contributed by atoms with Crippen molar-refractivity contribution in [2.45, 2.75) is 24.4 Å². The van der Waals surface area contributed by atoms with Gasteiger partial charge in [-0.25, -0.2) is 0 Å². The lowest BCUT2D eigenvalue weighted by atomic mass is 9.64. The summed E-state index contributed by atoms with van der Waals surface area (Å²) in [5, 5.41) is 16.1. The zero-order chi connectivity index (χ0) is 28.5. The number of carbonyl (C=O) groups excluding carboxylic acids is 3. The van der Waals surface area contributed by atoms with E-state index in [-0.39, 0.29) is 28.7 Å². The van der Waals surface area contributed by atoms with Gasteiger partial charge in [-0.05, 0) is 53.8 Å². The molecule has 4 heterocycles. The number of fused-ring (bicyclic) bond motifs is 6. The van der Waals surface area contributed by atoms with Crippen molar-refractivity contribution in [1.29, 1.82) is 0 Å². The Labute approximate surface area is 239 Å². The van der Waals surface area contributed by atoms with Gasteiger partial charge < -0.3 is 10.2 Å². The van der Waals surface area contributed by atoms with Crippen molar-refractivity contribution in [3.63, 3.8) is 0 Å². The second kappa shape index (κ2) is 9.07. The Balaban J connectivity index is 1.53. The number of nitro groups is 1. The minimum Gasteiger partial charge on any atom is -0.352 e. The van der Waals surface area contributed by atoms with Gasteiger partial charge in [0.05, 0.1) is 21.8 Å². The van der Waals surface area contributed by atoms with E-state index in [2.05, 4.69) is 5.32 Å². The average molecular weight is 562 g/mol. The average Bonchev–Trinajstić information content (AvgIpc) is 3.70. The van der Waals surface area contributed by atoms with E-state index in [9.17, 15) is 24.5 Å². The molecule has 0 unspecified atom stereocenters. The summed E-state index contributed by atoms with van der Waals surface area (Å²) in [6.07, 6.45) is 2.00. The predicted octanol–water partition coefficient (Wildman–Crippen LogP) is 5.90. The minimum atomic E-state index is -1.40. The fraction of sp³-hybridized carbons (Fsp3) is 0.156. The molecule has 3 aliphatic heterocycles. The van der Waals surface area contributed by atoms with Gasteiger partial charge in [-0.2, -0.15) is 0 Å². The van der Waals surface area contributed by atoms with Gasteiger partial charge in [0.2, 0.25) is 5.91 Å². The number of allylic oxidation sites excluding steroid dienone is 1. The zero-order valence-corrected chi connectivity index (χ0v) is 22.6. The van der Waals surface area contributed by atoms with E-state index in [4.69, 9.17) is 0 Å². The molecule has 0 bridgehead atoms. The molecule has 1 spiro atoms. The van der Waals surface area contributed by atoms with Crippen LogP contribution in [0, 0.1) is 16.0 Å². The molecule has 3 aliphatic rings. The van der Waals surface area contributed by atoms with Crippen molar-refractivity contribution in [3.05, 3.63) is 128 Å². The lowest BCUT2D eigenvalue weighted by molar-refractivity contribution is -0.384. The maximum atomic E-state index is 14.6. The smallest absolute Gasteiger partial charge is 0.269 e. The summed E-state index contributed by atoms with van der Waals surface area (Å²) in [6, 6.07) is 22.3. The first-order chi connectivity index (χ1) is 19.8. The molecule has 9 heteroatoms. The highest BCUT2D eigenvalue weighted by Gasteiger charge is 2.70. The topological polar surface area (TPSA) is 110 Å². The number of benzene rings is 3. The minimum absolute atomic E-state index is 0.139. The number of nitrogens with one attached hydrogen (secondary N) is 1. The van der Waals surface area contributed by atoms with Crippen LogP contribution < -0.4 is 10.2 Å². The van der Waals surface area contributed by atoms with E-state index in [0.717, 1.165) is 16.8 Å². The maximum absolute atomic E-state index is 14.6. The van der Waals surface area contributed by atoms with Crippen molar-refractivity contribution in [2.24, 2.45) is 5.92 Å². The van der Waals surface area contributed by atoms with Crippen LogP contribution in [0.4, 0.5) is 17.1 Å². The quantitative estimate of drug-likeness (QED) is 0.185. The summed E-state index contributed by atoms with van der Waals surface area (Å²) >= 11 is 1.28. The van der Waals surface area contributed by atoms with Crippen molar-refractivity contribution < 1.29 is 19.3 Å². The SMILES string of the molecule is CC1=C[C@@H]2N(c3ccccc31)[C@@H](C(=O)c1ccc([N+](=O)[O-])cc1)[C@@H](C(=O)c1cccs1)[C@@]21C(=O)Nc2ccccc21. The summed E-state index contributed by atoms with van der Waals surface area (Å²) in [4.78, 5) is 56.7. The van der Waals surface area contributed by atoms with Gasteiger partial charge >= 0.3 is 0 Å². The van der Waals surface area contributed by atoms with E-state index in [0.29, 0.717) is 16.1 Å². The van der Waals surface area contributed by atoms with Crippen molar-refractivity contribution >= 4 is 51.4 Å². The van der Waals surface area contributed by atoms with E-state index in [1.807, 2.05) is 66.4 Å². The molecule has 41 heavy (non-hydrogen) atoms. The predicted molar refractivity (Wildman–Crippen MR) is 156 cm³/mol. The number of hydrogen-bond donors (Lipinski definition) is 1. The fourth-order valence-electron chi connectivity index (χ4n) is 6.88. The van der Waals surface area contributed by atoms with Crippen LogP contribution in [-0.2, 0) is 10.2 Å². The Hall–Kier alpha value is -4.89. The highest BCUT2D eigenvalue weighted by atomic mass is 32.1. The lowest BCUT2D eigenvalue weighted by Crippen LogP contribution is -2.51. The molecule has 4 aromatic rings. The summed E-state index contributed by atoms with van der Waals surface area (Å²) in [6.45, 7) is 1.98. The van der Waals surface area contributed by atoms with Gasteiger partial charge in [-0.3, -0.25) is 24.5 Å². The number of para-hydroxylation sites is 2. The molecule has 0 radical (unpaired) electrons. The first-order valence-corrected chi connectivity index (χ1v) is 14.1. The highest BCUT2D eigenvalue weighted by molar-refractivity contribution is 7.12. The van der Waals surface area contributed by atoms with E-state index in [1.165, 1.54) is 35.6 Å². The summed E-state index contributed by atoms with van der Waals surface area (Å²) in [5.41, 5.74) is 2.62. The number of non-ortho nitro benzene ring substituents is 1. The van der Waals surface area contributed by atoms with Gasteiger partial charge in [0.25, 0.3) is 5.69 Å². The van der Waals surface area contributed by atoms with E-state index in [1.54, 1.807) is 17.5 Å². The number of nitrogens with zero attached hydrogens (tertiary/aromatic N) is 2. The highest BCUT2D eigenvalue weighted by Crippen LogP contribution is 2.59. The van der Waals surface area contributed by atoms with Crippen molar-refractivity contribution in [3.8, 4) is 0 Å². The second-order valence-electron chi connectivity index (χ2n) is 10.5. The van der Waals surface area contributed by atoms with Gasteiger partial charge in [0.15, 0.2) is 11.6 Å². The third kappa shape index (κ3) is 3.42. The lowest BCUT2D eigenvalue weighted by Gasteiger charge is -2.39.